The average Bonchev–Trinajstić information content (AvgIpc) is 2.03. The van der Waals surface area contributed by atoms with Crippen molar-refractivity contribution in [3.63, 3.8) is 0 Å². The van der Waals surface area contributed by atoms with Gasteiger partial charge in [0.15, 0.2) is 0 Å². The molecule has 0 amide bonds. The summed E-state index contributed by atoms with van der Waals surface area (Å²) in [4.78, 5) is 0. The smallest absolute Gasteiger partial charge is 0.0689 e. The molecule has 62 valence electrons. The molecule has 1 heterocycles. The third kappa shape index (κ3) is 3.43. The summed E-state index contributed by atoms with van der Waals surface area (Å²) in [5.74, 6) is 6.98. The number of nitrogens with one attached hydrogen (secondary N) is 1. The lowest BCUT2D eigenvalue weighted by Crippen LogP contribution is -2.32. The normalized spacial score (nSPS) is 24.5. The van der Waals surface area contributed by atoms with Gasteiger partial charge in [0.05, 0.1) is 6.04 Å². The highest BCUT2D eigenvalue weighted by atomic mass is 14.9. The topological polar surface area (TPSA) is 12.0 Å². The molecule has 1 atom stereocenters. The maximum atomic E-state index is 3.40. The molecule has 1 saturated heterocycles. The first-order chi connectivity index (χ1) is 5.29. The molecule has 0 aromatic rings. The van der Waals surface area contributed by atoms with Gasteiger partial charge in [0.2, 0.25) is 0 Å². The van der Waals surface area contributed by atoms with Crippen LogP contribution in [0.3, 0.4) is 0 Å². The van der Waals surface area contributed by atoms with Crippen LogP contribution in [0.5, 0.6) is 0 Å². The van der Waals surface area contributed by atoms with E-state index in [1.165, 1.54) is 19.3 Å². The van der Waals surface area contributed by atoms with Crippen LogP contribution in [0.4, 0.5) is 0 Å². The first kappa shape index (κ1) is 8.62. The molecule has 0 aromatic heterocycles. The van der Waals surface area contributed by atoms with E-state index in [1.807, 2.05) is 0 Å². The van der Waals surface area contributed by atoms with E-state index in [0.717, 1.165) is 6.54 Å². The third-order valence-corrected chi connectivity index (χ3v) is 1.86. The fourth-order valence-electron chi connectivity index (χ4n) is 1.24. The summed E-state index contributed by atoms with van der Waals surface area (Å²) in [6, 6.07) is 0.478. The predicted molar refractivity (Wildman–Crippen MR) is 48.3 cm³/mol. The summed E-state index contributed by atoms with van der Waals surface area (Å²) < 4.78 is 0. The Kier molecular flexibility index (Phi) is 3.45. The molecule has 1 unspecified atom stereocenters. The van der Waals surface area contributed by atoms with E-state index in [-0.39, 0.29) is 0 Å². The van der Waals surface area contributed by atoms with Crippen LogP contribution in [0.2, 0.25) is 0 Å². The van der Waals surface area contributed by atoms with Gasteiger partial charge in [-0.3, -0.25) is 0 Å². The van der Waals surface area contributed by atoms with E-state index < -0.39 is 0 Å². The quantitative estimate of drug-likeness (QED) is 0.520. The standard InChI is InChI=1S/C10H17N/c1-9(2)6-7-10-5-3-4-8-11-10/h9-11H,3-5,8H2,1-2H3. The van der Waals surface area contributed by atoms with Gasteiger partial charge < -0.3 is 5.32 Å². The summed E-state index contributed by atoms with van der Waals surface area (Å²) in [5, 5.41) is 3.40. The first-order valence-electron chi connectivity index (χ1n) is 4.53. The summed E-state index contributed by atoms with van der Waals surface area (Å²) >= 11 is 0. The van der Waals surface area contributed by atoms with Crippen LogP contribution >= 0.6 is 0 Å². The van der Waals surface area contributed by atoms with E-state index in [4.69, 9.17) is 0 Å². The van der Waals surface area contributed by atoms with Gasteiger partial charge in [0.25, 0.3) is 0 Å². The van der Waals surface area contributed by atoms with Crippen molar-refractivity contribution in [1.82, 2.24) is 5.32 Å². The molecule has 0 aliphatic carbocycles. The van der Waals surface area contributed by atoms with Crippen LogP contribution in [0.15, 0.2) is 0 Å². The molecule has 0 spiro atoms. The SMILES string of the molecule is CC(C)C#CC1CCCCN1. The number of rotatable bonds is 0. The highest BCUT2D eigenvalue weighted by Gasteiger charge is 2.08. The molecule has 1 nitrogen and oxygen atoms in total. The minimum Gasteiger partial charge on any atom is -0.304 e. The molecule has 1 N–H and O–H groups in total. The summed E-state index contributed by atoms with van der Waals surface area (Å²) in [6.07, 6.45) is 3.89. The van der Waals surface area contributed by atoms with Gasteiger partial charge in [-0.1, -0.05) is 25.7 Å². The lowest BCUT2D eigenvalue weighted by molar-refractivity contribution is 0.463. The molecule has 1 fully saturated rings. The lowest BCUT2D eigenvalue weighted by atomic mass is 10.0. The molecule has 1 aliphatic heterocycles. The van der Waals surface area contributed by atoms with Crippen LogP contribution in [-0.4, -0.2) is 12.6 Å². The van der Waals surface area contributed by atoms with Crippen LogP contribution in [-0.2, 0) is 0 Å². The molecule has 1 rings (SSSR count). The van der Waals surface area contributed by atoms with Crippen molar-refractivity contribution in [1.29, 1.82) is 0 Å². The summed E-state index contributed by atoms with van der Waals surface area (Å²) in [5.41, 5.74) is 0. The Balaban J connectivity index is 2.31. The second-order valence-corrected chi connectivity index (χ2v) is 3.45. The highest BCUT2D eigenvalue weighted by molar-refractivity contribution is 5.09. The molecular formula is C10H17N. The van der Waals surface area contributed by atoms with Gasteiger partial charge in [-0.05, 0) is 25.8 Å². The molecule has 0 aromatic carbocycles. The van der Waals surface area contributed by atoms with Crippen LogP contribution < -0.4 is 5.32 Å². The Labute approximate surface area is 69.6 Å². The van der Waals surface area contributed by atoms with Crippen molar-refractivity contribution in [3.05, 3.63) is 0 Å². The van der Waals surface area contributed by atoms with Crippen molar-refractivity contribution in [2.24, 2.45) is 5.92 Å². The average molecular weight is 151 g/mol. The zero-order chi connectivity index (χ0) is 8.10. The number of piperidine rings is 1. The second-order valence-electron chi connectivity index (χ2n) is 3.45. The highest BCUT2D eigenvalue weighted by Crippen LogP contribution is 2.05. The van der Waals surface area contributed by atoms with Gasteiger partial charge in [0, 0.05) is 5.92 Å². The van der Waals surface area contributed by atoms with Crippen molar-refractivity contribution in [2.75, 3.05) is 6.54 Å². The molecule has 1 aliphatic rings. The maximum absolute atomic E-state index is 3.40. The Morgan fingerprint density at radius 3 is 2.73 bits per heavy atom. The lowest BCUT2D eigenvalue weighted by Gasteiger charge is -2.18. The first-order valence-corrected chi connectivity index (χ1v) is 4.53. The molecule has 0 saturated carbocycles. The number of hydrogen-bond acceptors (Lipinski definition) is 1. The van der Waals surface area contributed by atoms with Crippen LogP contribution in [0, 0.1) is 17.8 Å². The Morgan fingerprint density at radius 2 is 2.18 bits per heavy atom. The number of hydrogen-bond donors (Lipinski definition) is 1. The second kappa shape index (κ2) is 4.41. The van der Waals surface area contributed by atoms with E-state index >= 15 is 0 Å². The fraction of sp³-hybridized carbons (Fsp3) is 0.800. The van der Waals surface area contributed by atoms with E-state index in [1.54, 1.807) is 0 Å². The predicted octanol–water partition coefficient (Wildman–Crippen LogP) is 1.79. The summed E-state index contributed by atoms with van der Waals surface area (Å²) in [7, 11) is 0. The van der Waals surface area contributed by atoms with Crippen molar-refractivity contribution < 1.29 is 0 Å². The molecule has 1 heteroatoms. The Hall–Kier alpha value is -0.480. The molecule has 0 radical (unpaired) electrons. The zero-order valence-electron chi connectivity index (χ0n) is 7.48. The van der Waals surface area contributed by atoms with E-state index in [0.29, 0.717) is 12.0 Å². The van der Waals surface area contributed by atoms with E-state index in [2.05, 4.69) is 31.0 Å². The third-order valence-electron chi connectivity index (χ3n) is 1.86. The minimum atomic E-state index is 0.478. The van der Waals surface area contributed by atoms with Crippen molar-refractivity contribution >= 4 is 0 Å². The van der Waals surface area contributed by atoms with Gasteiger partial charge >= 0.3 is 0 Å². The molecular weight excluding hydrogens is 134 g/mol. The zero-order valence-corrected chi connectivity index (χ0v) is 7.48. The Bertz CT molecular complexity index is 155. The van der Waals surface area contributed by atoms with Gasteiger partial charge in [-0.25, -0.2) is 0 Å². The van der Waals surface area contributed by atoms with Crippen molar-refractivity contribution in [2.45, 2.75) is 39.2 Å². The van der Waals surface area contributed by atoms with Gasteiger partial charge in [-0.2, -0.15) is 0 Å². The Morgan fingerprint density at radius 1 is 1.36 bits per heavy atom. The van der Waals surface area contributed by atoms with Crippen LogP contribution in [0.1, 0.15) is 33.1 Å². The molecule has 0 bridgehead atoms. The monoisotopic (exact) mass is 151 g/mol. The van der Waals surface area contributed by atoms with Gasteiger partial charge in [0.1, 0.15) is 0 Å². The summed E-state index contributed by atoms with van der Waals surface area (Å²) in [6.45, 7) is 5.42. The fourth-order valence-corrected chi connectivity index (χ4v) is 1.24. The minimum absolute atomic E-state index is 0.478. The van der Waals surface area contributed by atoms with Crippen LogP contribution in [0.25, 0.3) is 0 Å². The largest absolute Gasteiger partial charge is 0.304 e. The van der Waals surface area contributed by atoms with E-state index in [9.17, 15) is 0 Å². The van der Waals surface area contributed by atoms with Crippen molar-refractivity contribution in [3.8, 4) is 11.8 Å². The van der Waals surface area contributed by atoms with Gasteiger partial charge in [-0.15, -0.1) is 0 Å². The molecule has 11 heavy (non-hydrogen) atoms. The maximum Gasteiger partial charge on any atom is 0.0689 e.